The van der Waals surface area contributed by atoms with Gasteiger partial charge in [0.05, 0.1) is 12.1 Å². The molecule has 0 bridgehead atoms. The van der Waals surface area contributed by atoms with Crippen molar-refractivity contribution in [3.8, 4) is 0 Å². The monoisotopic (exact) mass is 418 g/mol. The second-order valence-corrected chi connectivity index (χ2v) is 8.20. The summed E-state index contributed by atoms with van der Waals surface area (Å²) < 4.78 is 13.3. The summed E-state index contributed by atoms with van der Waals surface area (Å²) in [6.45, 7) is 5.78. The van der Waals surface area contributed by atoms with E-state index < -0.39 is 11.7 Å². The number of nitrogens with one attached hydrogen (secondary N) is 1. The molecule has 0 saturated carbocycles. The first kappa shape index (κ1) is 20.9. The summed E-state index contributed by atoms with van der Waals surface area (Å²) in [6, 6.07) is 5.63. The highest BCUT2D eigenvalue weighted by molar-refractivity contribution is 7.16. The normalized spacial score (nSPS) is 14.7. The van der Waals surface area contributed by atoms with E-state index in [2.05, 4.69) is 5.32 Å². The maximum atomic E-state index is 13.3. The van der Waals surface area contributed by atoms with E-state index >= 15 is 0 Å². The number of nitrogens with two attached hydrogens (primary N) is 1. The van der Waals surface area contributed by atoms with Gasteiger partial charge < -0.3 is 16.0 Å². The number of primary amides is 1. The van der Waals surface area contributed by atoms with Crippen molar-refractivity contribution in [1.29, 1.82) is 0 Å². The van der Waals surface area contributed by atoms with Crippen molar-refractivity contribution >= 4 is 34.1 Å². The van der Waals surface area contributed by atoms with Crippen LogP contribution in [0.5, 0.6) is 0 Å². The van der Waals surface area contributed by atoms with Crippen molar-refractivity contribution in [2.45, 2.75) is 13.8 Å². The molecule has 2 aromatic rings. The molecule has 0 spiro atoms. The first-order valence-electron chi connectivity index (χ1n) is 9.23. The predicted octanol–water partition coefficient (Wildman–Crippen LogP) is 2.00. The van der Waals surface area contributed by atoms with Crippen LogP contribution in [0.1, 0.15) is 31.2 Å². The number of benzene rings is 1. The van der Waals surface area contributed by atoms with Gasteiger partial charge in [0.25, 0.3) is 11.8 Å². The number of halogens is 1. The number of aryl methyl sites for hydroxylation is 1. The van der Waals surface area contributed by atoms with Gasteiger partial charge in [-0.3, -0.25) is 19.3 Å². The first-order valence-corrected chi connectivity index (χ1v) is 10.0. The highest BCUT2D eigenvalue weighted by atomic mass is 32.1. The Labute approximate surface area is 172 Å². The van der Waals surface area contributed by atoms with Crippen LogP contribution in [-0.4, -0.2) is 60.2 Å². The van der Waals surface area contributed by atoms with Crippen LogP contribution >= 0.6 is 11.3 Å². The number of rotatable bonds is 5. The number of hydrogen-bond donors (Lipinski definition) is 2. The fourth-order valence-corrected chi connectivity index (χ4v) is 4.38. The summed E-state index contributed by atoms with van der Waals surface area (Å²) in [5.41, 5.74) is 6.89. The molecule has 0 unspecified atom stereocenters. The SMILES string of the molecule is Cc1sc(NC(=O)CN2CCN(C(=O)c3cccc(F)c3)CC2)c(C(N)=O)c1C. The average Bonchev–Trinajstić information content (AvgIpc) is 2.95. The van der Waals surface area contributed by atoms with Crippen LogP contribution in [0.4, 0.5) is 9.39 Å². The summed E-state index contributed by atoms with van der Waals surface area (Å²) in [4.78, 5) is 41.1. The van der Waals surface area contributed by atoms with Crippen molar-refractivity contribution in [2.75, 3.05) is 38.0 Å². The van der Waals surface area contributed by atoms with Gasteiger partial charge in [0.2, 0.25) is 5.91 Å². The third-order valence-electron chi connectivity index (χ3n) is 4.98. The van der Waals surface area contributed by atoms with Gasteiger partial charge in [0, 0.05) is 36.6 Å². The minimum atomic E-state index is -0.563. The number of thiophene rings is 1. The van der Waals surface area contributed by atoms with Gasteiger partial charge in [0.1, 0.15) is 10.8 Å². The lowest BCUT2D eigenvalue weighted by molar-refractivity contribution is -0.117. The fourth-order valence-electron chi connectivity index (χ4n) is 3.29. The second-order valence-electron chi connectivity index (χ2n) is 6.98. The van der Waals surface area contributed by atoms with E-state index in [0.29, 0.717) is 42.3 Å². The summed E-state index contributed by atoms with van der Waals surface area (Å²) in [6.07, 6.45) is 0. The summed E-state index contributed by atoms with van der Waals surface area (Å²) in [5.74, 6) is -1.46. The van der Waals surface area contributed by atoms with E-state index in [4.69, 9.17) is 5.73 Å². The molecule has 1 aromatic heterocycles. The molecule has 1 aliphatic heterocycles. The van der Waals surface area contributed by atoms with Gasteiger partial charge in [-0.2, -0.15) is 0 Å². The number of hydrogen-bond acceptors (Lipinski definition) is 5. The molecule has 2 heterocycles. The Balaban J connectivity index is 1.55. The zero-order valence-corrected chi connectivity index (χ0v) is 17.1. The molecule has 154 valence electrons. The predicted molar refractivity (Wildman–Crippen MR) is 110 cm³/mol. The Morgan fingerprint density at radius 1 is 1.17 bits per heavy atom. The second kappa shape index (κ2) is 8.71. The molecule has 1 aliphatic rings. The molecular formula is C20H23FN4O3S. The van der Waals surface area contributed by atoms with Crippen LogP contribution in [0.25, 0.3) is 0 Å². The van der Waals surface area contributed by atoms with Crippen LogP contribution in [0.3, 0.4) is 0 Å². The largest absolute Gasteiger partial charge is 0.365 e. The molecule has 3 amide bonds. The third-order valence-corrected chi connectivity index (χ3v) is 6.11. The molecule has 1 saturated heterocycles. The number of carbonyl (C=O) groups is 3. The summed E-state index contributed by atoms with van der Waals surface area (Å²) in [7, 11) is 0. The Bertz CT molecular complexity index is 951. The van der Waals surface area contributed by atoms with Gasteiger partial charge >= 0.3 is 0 Å². The Hall–Kier alpha value is -2.78. The fraction of sp³-hybridized carbons (Fsp3) is 0.350. The number of amides is 3. The molecule has 0 radical (unpaired) electrons. The van der Waals surface area contributed by atoms with Gasteiger partial charge in [-0.25, -0.2) is 4.39 Å². The van der Waals surface area contributed by atoms with E-state index in [1.807, 2.05) is 11.8 Å². The van der Waals surface area contributed by atoms with Gasteiger partial charge in [0.15, 0.2) is 0 Å². The maximum Gasteiger partial charge on any atom is 0.254 e. The van der Waals surface area contributed by atoms with Crippen LogP contribution in [0.2, 0.25) is 0 Å². The molecular weight excluding hydrogens is 395 g/mol. The first-order chi connectivity index (χ1) is 13.8. The Morgan fingerprint density at radius 2 is 1.86 bits per heavy atom. The maximum absolute atomic E-state index is 13.3. The topological polar surface area (TPSA) is 95.7 Å². The minimum Gasteiger partial charge on any atom is -0.365 e. The Kier molecular flexibility index (Phi) is 6.29. The molecule has 29 heavy (non-hydrogen) atoms. The van der Waals surface area contributed by atoms with E-state index in [0.717, 1.165) is 10.4 Å². The summed E-state index contributed by atoms with van der Waals surface area (Å²) >= 11 is 1.33. The smallest absolute Gasteiger partial charge is 0.254 e. The minimum absolute atomic E-state index is 0.149. The van der Waals surface area contributed by atoms with Gasteiger partial charge in [-0.05, 0) is 37.6 Å². The van der Waals surface area contributed by atoms with E-state index in [-0.39, 0.29) is 18.4 Å². The van der Waals surface area contributed by atoms with E-state index in [9.17, 15) is 18.8 Å². The quantitative estimate of drug-likeness (QED) is 0.776. The van der Waals surface area contributed by atoms with E-state index in [1.165, 1.54) is 29.5 Å². The third kappa shape index (κ3) is 4.80. The van der Waals surface area contributed by atoms with Crippen molar-refractivity contribution in [3.63, 3.8) is 0 Å². The lowest BCUT2D eigenvalue weighted by atomic mass is 10.1. The molecule has 3 rings (SSSR count). The molecule has 0 aliphatic carbocycles. The average molecular weight is 418 g/mol. The number of piperazine rings is 1. The van der Waals surface area contributed by atoms with Crippen LogP contribution in [-0.2, 0) is 4.79 Å². The highest BCUT2D eigenvalue weighted by Crippen LogP contribution is 2.32. The van der Waals surface area contributed by atoms with Crippen LogP contribution in [0, 0.1) is 19.7 Å². The molecule has 7 nitrogen and oxygen atoms in total. The molecule has 1 aromatic carbocycles. The molecule has 9 heteroatoms. The van der Waals surface area contributed by atoms with Crippen molar-refractivity contribution in [2.24, 2.45) is 5.73 Å². The molecule has 3 N–H and O–H groups in total. The lowest BCUT2D eigenvalue weighted by Gasteiger charge is -2.34. The number of anilines is 1. The van der Waals surface area contributed by atoms with Crippen molar-refractivity contribution in [3.05, 3.63) is 51.7 Å². The molecule has 1 fully saturated rings. The van der Waals surface area contributed by atoms with Crippen LogP contribution in [0.15, 0.2) is 24.3 Å². The summed E-state index contributed by atoms with van der Waals surface area (Å²) in [5, 5.41) is 3.25. The standard InChI is InChI=1S/C20H23FN4O3S/c1-12-13(2)29-19(17(12)18(22)27)23-16(26)11-24-6-8-25(9-7-24)20(28)14-4-3-5-15(21)10-14/h3-5,10H,6-9,11H2,1-2H3,(H2,22,27)(H,23,26). The van der Waals surface area contributed by atoms with Gasteiger partial charge in [-0.15, -0.1) is 11.3 Å². The van der Waals surface area contributed by atoms with Crippen LogP contribution < -0.4 is 11.1 Å². The number of nitrogens with zero attached hydrogens (tertiary/aromatic N) is 2. The van der Waals surface area contributed by atoms with Crippen molar-refractivity contribution < 1.29 is 18.8 Å². The zero-order chi connectivity index (χ0) is 21.1. The van der Waals surface area contributed by atoms with Gasteiger partial charge in [-0.1, -0.05) is 6.07 Å². The Morgan fingerprint density at radius 3 is 2.48 bits per heavy atom. The highest BCUT2D eigenvalue weighted by Gasteiger charge is 2.25. The van der Waals surface area contributed by atoms with E-state index in [1.54, 1.807) is 17.9 Å². The zero-order valence-electron chi connectivity index (χ0n) is 16.3. The molecule has 0 atom stereocenters. The lowest BCUT2D eigenvalue weighted by Crippen LogP contribution is -2.50. The number of carbonyl (C=O) groups excluding carboxylic acids is 3. The van der Waals surface area contributed by atoms with Crippen molar-refractivity contribution in [1.82, 2.24) is 9.80 Å².